The Morgan fingerprint density at radius 3 is 3.08 bits per heavy atom. The Labute approximate surface area is 72.9 Å². The van der Waals surface area contributed by atoms with Crippen molar-refractivity contribution in [3.63, 3.8) is 0 Å². The van der Waals surface area contributed by atoms with E-state index in [-0.39, 0.29) is 0 Å². The molecule has 0 bridgehead atoms. The molecule has 1 aliphatic rings. The first-order valence-electron chi connectivity index (χ1n) is 4.16. The highest BCUT2D eigenvalue weighted by molar-refractivity contribution is 5.58. The fourth-order valence-electron chi connectivity index (χ4n) is 1.52. The van der Waals surface area contributed by atoms with Gasteiger partial charge in [-0.1, -0.05) is 24.1 Å². The summed E-state index contributed by atoms with van der Waals surface area (Å²) in [5.41, 5.74) is 3.69. The van der Waals surface area contributed by atoms with Crippen LogP contribution < -0.4 is 0 Å². The van der Waals surface area contributed by atoms with Gasteiger partial charge < -0.3 is 0 Å². The third kappa shape index (κ3) is 1.14. The summed E-state index contributed by atoms with van der Waals surface area (Å²) >= 11 is 0. The smallest absolute Gasteiger partial charge is 0.0245 e. The summed E-state index contributed by atoms with van der Waals surface area (Å²) in [6.07, 6.45) is 12.0. The summed E-state index contributed by atoms with van der Waals surface area (Å²) in [7, 11) is 0. The van der Waals surface area contributed by atoms with E-state index in [0.717, 1.165) is 18.4 Å². The Morgan fingerprint density at radius 2 is 2.25 bits per heavy atom. The zero-order chi connectivity index (χ0) is 8.39. The number of hydrogen-bond donors (Lipinski definition) is 0. The molecule has 12 heavy (non-hydrogen) atoms. The van der Waals surface area contributed by atoms with Crippen LogP contribution in [0.2, 0.25) is 0 Å². The van der Waals surface area contributed by atoms with Gasteiger partial charge in [-0.15, -0.1) is 6.42 Å². The van der Waals surface area contributed by atoms with Crippen molar-refractivity contribution >= 4 is 6.08 Å². The van der Waals surface area contributed by atoms with Gasteiger partial charge in [0.05, 0.1) is 0 Å². The molecule has 0 N–H and O–H groups in total. The first kappa shape index (κ1) is 7.18. The van der Waals surface area contributed by atoms with Crippen molar-refractivity contribution in [1.82, 2.24) is 0 Å². The molecule has 0 amide bonds. The fraction of sp³-hybridized carbons (Fsp3) is 0.167. The molecule has 0 atom stereocenters. The van der Waals surface area contributed by atoms with Crippen molar-refractivity contribution in [2.45, 2.75) is 12.8 Å². The highest BCUT2D eigenvalue weighted by Crippen LogP contribution is 2.19. The molecule has 0 nitrogen and oxygen atoms in total. The van der Waals surface area contributed by atoms with E-state index in [1.807, 2.05) is 6.07 Å². The maximum absolute atomic E-state index is 5.31. The van der Waals surface area contributed by atoms with Crippen LogP contribution in [0.15, 0.2) is 24.3 Å². The van der Waals surface area contributed by atoms with Gasteiger partial charge in [-0.25, -0.2) is 0 Å². The monoisotopic (exact) mass is 154 g/mol. The zero-order valence-corrected chi connectivity index (χ0v) is 6.88. The highest BCUT2D eigenvalue weighted by atomic mass is 14.1. The van der Waals surface area contributed by atoms with Crippen LogP contribution in [0, 0.1) is 12.3 Å². The number of fused-ring (bicyclic) bond motifs is 1. The molecule has 0 saturated carbocycles. The first-order chi connectivity index (χ1) is 5.90. The minimum Gasteiger partial charge on any atom is -0.115 e. The van der Waals surface area contributed by atoms with E-state index in [1.54, 1.807) is 0 Å². The average molecular weight is 154 g/mol. The van der Waals surface area contributed by atoms with Gasteiger partial charge in [0.15, 0.2) is 0 Å². The van der Waals surface area contributed by atoms with Gasteiger partial charge in [0, 0.05) is 5.56 Å². The van der Waals surface area contributed by atoms with Crippen LogP contribution in [0.1, 0.15) is 23.1 Å². The van der Waals surface area contributed by atoms with Gasteiger partial charge in [-0.3, -0.25) is 0 Å². The molecule has 0 radical (unpaired) electrons. The zero-order valence-electron chi connectivity index (χ0n) is 6.88. The summed E-state index contributed by atoms with van der Waals surface area (Å²) in [5.74, 6) is 2.65. The van der Waals surface area contributed by atoms with Crippen LogP contribution in [0.25, 0.3) is 6.08 Å². The summed E-state index contributed by atoms with van der Waals surface area (Å²) in [4.78, 5) is 0. The average Bonchev–Trinajstić information content (AvgIpc) is 2.17. The maximum atomic E-state index is 5.31. The molecule has 0 spiro atoms. The Balaban J connectivity index is 2.53. The quantitative estimate of drug-likeness (QED) is 0.504. The lowest BCUT2D eigenvalue weighted by atomic mass is 9.96. The predicted octanol–water partition coefficient (Wildman–Crippen LogP) is 2.63. The Kier molecular flexibility index (Phi) is 1.72. The van der Waals surface area contributed by atoms with Gasteiger partial charge in [0.2, 0.25) is 0 Å². The molecule has 0 heteroatoms. The van der Waals surface area contributed by atoms with Gasteiger partial charge >= 0.3 is 0 Å². The van der Waals surface area contributed by atoms with Crippen molar-refractivity contribution in [2.24, 2.45) is 0 Å². The SMILES string of the molecule is C#Cc1ccc2c(c1)CCC=C2. The Hall–Kier alpha value is -1.48. The molecule has 58 valence electrons. The summed E-state index contributed by atoms with van der Waals surface area (Å²) in [5, 5.41) is 0. The molecule has 2 rings (SSSR count). The summed E-state index contributed by atoms with van der Waals surface area (Å²) in [6, 6.07) is 6.20. The predicted molar refractivity (Wildman–Crippen MR) is 51.7 cm³/mol. The molecule has 0 aliphatic heterocycles. The molecular weight excluding hydrogens is 144 g/mol. The van der Waals surface area contributed by atoms with Crippen LogP contribution in [0.5, 0.6) is 0 Å². The van der Waals surface area contributed by atoms with Crippen molar-refractivity contribution < 1.29 is 0 Å². The molecule has 0 aromatic heterocycles. The number of rotatable bonds is 0. The van der Waals surface area contributed by atoms with E-state index < -0.39 is 0 Å². The van der Waals surface area contributed by atoms with Crippen LogP contribution in [-0.4, -0.2) is 0 Å². The standard InChI is InChI=1S/C12H10/c1-2-10-7-8-11-5-3-4-6-12(11)9-10/h1,3,5,7-9H,4,6H2. The molecule has 0 unspecified atom stereocenters. The topological polar surface area (TPSA) is 0 Å². The lowest BCUT2D eigenvalue weighted by Gasteiger charge is -2.09. The number of hydrogen-bond acceptors (Lipinski definition) is 0. The minimum atomic E-state index is 0.990. The second kappa shape index (κ2) is 2.87. The van der Waals surface area contributed by atoms with Crippen LogP contribution >= 0.6 is 0 Å². The maximum Gasteiger partial charge on any atom is 0.0245 e. The van der Waals surface area contributed by atoms with Crippen LogP contribution in [-0.2, 0) is 6.42 Å². The lowest BCUT2D eigenvalue weighted by Crippen LogP contribution is -1.94. The number of benzene rings is 1. The van der Waals surface area contributed by atoms with E-state index >= 15 is 0 Å². The highest BCUT2D eigenvalue weighted by Gasteiger charge is 2.03. The van der Waals surface area contributed by atoms with Crippen LogP contribution in [0.3, 0.4) is 0 Å². The van der Waals surface area contributed by atoms with Crippen LogP contribution in [0.4, 0.5) is 0 Å². The number of terminal acetylenes is 1. The van der Waals surface area contributed by atoms with Gasteiger partial charge in [0.1, 0.15) is 0 Å². The van der Waals surface area contributed by atoms with Crippen molar-refractivity contribution in [3.05, 3.63) is 41.0 Å². The Morgan fingerprint density at radius 1 is 1.33 bits per heavy atom. The van der Waals surface area contributed by atoms with E-state index in [0.29, 0.717) is 0 Å². The van der Waals surface area contributed by atoms with E-state index in [9.17, 15) is 0 Å². The second-order valence-corrected chi connectivity index (χ2v) is 3.00. The molecule has 0 heterocycles. The second-order valence-electron chi connectivity index (χ2n) is 3.00. The lowest BCUT2D eigenvalue weighted by molar-refractivity contribution is 0.985. The molecule has 1 aromatic rings. The first-order valence-corrected chi connectivity index (χ1v) is 4.16. The van der Waals surface area contributed by atoms with E-state index in [2.05, 4.69) is 30.2 Å². The molecule has 1 aliphatic carbocycles. The molecular formula is C12H10. The third-order valence-corrected chi connectivity index (χ3v) is 2.19. The van der Waals surface area contributed by atoms with Gasteiger partial charge in [-0.2, -0.15) is 0 Å². The summed E-state index contributed by atoms with van der Waals surface area (Å²) in [6.45, 7) is 0. The number of allylic oxidation sites excluding steroid dienone is 1. The van der Waals surface area contributed by atoms with E-state index in [4.69, 9.17) is 6.42 Å². The largest absolute Gasteiger partial charge is 0.115 e. The molecule has 1 aromatic carbocycles. The van der Waals surface area contributed by atoms with Gasteiger partial charge in [0.25, 0.3) is 0 Å². The van der Waals surface area contributed by atoms with Crippen molar-refractivity contribution in [1.29, 1.82) is 0 Å². The number of aryl methyl sites for hydroxylation is 1. The summed E-state index contributed by atoms with van der Waals surface area (Å²) < 4.78 is 0. The fourth-order valence-corrected chi connectivity index (χ4v) is 1.52. The Bertz CT molecular complexity index is 364. The molecule has 0 saturated heterocycles. The third-order valence-electron chi connectivity index (χ3n) is 2.19. The van der Waals surface area contributed by atoms with Crippen molar-refractivity contribution in [3.8, 4) is 12.3 Å². The minimum absolute atomic E-state index is 0.990. The van der Waals surface area contributed by atoms with E-state index in [1.165, 1.54) is 11.1 Å². The molecule has 0 fully saturated rings. The van der Waals surface area contributed by atoms with Crippen molar-refractivity contribution in [2.75, 3.05) is 0 Å². The van der Waals surface area contributed by atoms with Gasteiger partial charge in [-0.05, 0) is 36.1 Å². The normalized spacial score (nSPS) is 13.6.